The summed E-state index contributed by atoms with van der Waals surface area (Å²) in [6.45, 7) is 0. The Morgan fingerprint density at radius 3 is 2.28 bits per heavy atom. The van der Waals surface area contributed by atoms with E-state index in [-0.39, 0.29) is 5.91 Å². The molecule has 0 atom stereocenters. The number of anilines is 1. The van der Waals surface area contributed by atoms with Gasteiger partial charge in [-0.25, -0.2) is 4.98 Å². The van der Waals surface area contributed by atoms with E-state index >= 15 is 0 Å². The van der Waals surface area contributed by atoms with Crippen LogP contribution >= 0.6 is 0 Å². The number of amides is 1. The molecule has 0 aliphatic heterocycles. The van der Waals surface area contributed by atoms with E-state index in [2.05, 4.69) is 20.3 Å². The standard InChI is InChI=1S/C20H14N4O/c25-20(23-15-7-11-22-12-8-15)17-13-19(14-5-9-21-10-6-14)24-18-4-2-1-3-16(17)18/h1-13H,(H,22,23,25). The molecule has 4 rings (SSSR count). The Morgan fingerprint density at radius 1 is 0.840 bits per heavy atom. The van der Waals surface area contributed by atoms with Crippen LogP contribution in [0.4, 0.5) is 5.69 Å². The Kier molecular flexibility index (Phi) is 3.88. The van der Waals surface area contributed by atoms with Gasteiger partial charge in [-0.05, 0) is 36.4 Å². The Labute approximate surface area is 144 Å². The van der Waals surface area contributed by atoms with Gasteiger partial charge in [-0.3, -0.25) is 14.8 Å². The molecule has 0 aliphatic rings. The number of carbonyl (C=O) groups excluding carboxylic acids is 1. The summed E-state index contributed by atoms with van der Waals surface area (Å²) < 4.78 is 0. The van der Waals surface area contributed by atoms with Crippen LogP contribution in [0.2, 0.25) is 0 Å². The maximum absolute atomic E-state index is 12.8. The second-order valence-electron chi connectivity index (χ2n) is 5.50. The Bertz CT molecular complexity index is 1030. The fourth-order valence-corrected chi connectivity index (χ4v) is 2.67. The number of benzene rings is 1. The topological polar surface area (TPSA) is 67.8 Å². The maximum atomic E-state index is 12.8. The lowest BCUT2D eigenvalue weighted by molar-refractivity contribution is 0.102. The van der Waals surface area contributed by atoms with Gasteiger partial charge in [0.1, 0.15) is 0 Å². The van der Waals surface area contributed by atoms with E-state index in [1.807, 2.05) is 42.5 Å². The average Bonchev–Trinajstić information content (AvgIpc) is 2.68. The molecule has 0 bridgehead atoms. The molecule has 25 heavy (non-hydrogen) atoms. The van der Waals surface area contributed by atoms with Gasteiger partial charge < -0.3 is 5.32 Å². The number of carbonyl (C=O) groups is 1. The molecule has 0 radical (unpaired) electrons. The molecule has 120 valence electrons. The third kappa shape index (κ3) is 3.07. The lowest BCUT2D eigenvalue weighted by Gasteiger charge is -2.10. The summed E-state index contributed by atoms with van der Waals surface area (Å²) in [7, 11) is 0. The largest absolute Gasteiger partial charge is 0.322 e. The summed E-state index contributed by atoms with van der Waals surface area (Å²) in [4.78, 5) is 25.5. The van der Waals surface area contributed by atoms with Gasteiger partial charge in [-0.1, -0.05) is 18.2 Å². The summed E-state index contributed by atoms with van der Waals surface area (Å²) in [6, 6.07) is 16.7. The van der Waals surface area contributed by atoms with Gasteiger partial charge >= 0.3 is 0 Å². The molecule has 0 saturated heterocycles. The summed E-state index contributed by atoms with van der Waals surface area (Å²) >= 11 is 0. The van der Waals surface area contributed by atoms with E-state index in [1.54, 1.807) is 36.9 Å². The van der Waals surface area contributed by atoms with Crippen molar-refractivity contribution in [2.24, 2.45) is 0 Å². The first kappa shape index (κ1) is 15.0. The highest BCUT2D eigenvalue weighted by Gasteiger charge is 2.14. The summed E-state index contributed by atoms with van der Waals surface area (Å²) in [5.41, 5.74) is 3.71. The van der Waals surface area contributed by atoms with Gasteiger partial charge in [-0.15, -0.1) is 0 Å². The molecular formula is C20H14N4O. The van der Waals surface area contributed by atoms with Gasteiger partial charge in [0, 0.05) is 41.4 Å². The average molecular weight is 326 g/mol. The molecule has 0 aliphatic carbocycles. The summed E-state index contributed by atoms with van der Waals surface area (Å²) in [6.07, 6.45) is 6.71. The normalized spacial score (nSPS) is 10.6. The van der Waals surface area contributed by atoms with Crippen LogP contribution in [0.3, 0.4) is 0 Å². The Morgan fingerprint density at radius 2 is 1.52 bits per heavy atom. The smallest absolute Gasteiger partial charge is 0.256 e. The molecule has 0 unspecified atom stereocenters. The van der Waals surface area contributed by atoms with E-state index in [1.165, 1.54) is 0 Å². The van der Waals surface area contributed by atoms with Gasteiger partial charge in [0.25, 0.3) is 5.91 Å². The van der Waals surface area contributed by atoms with Gasteiger partial charge in [-0.2, -0.15) is 0 Å². The molecule has 1 amide bonds. The SMILES string of the molecule is O=C(Nc1ccncc1)c1cc(-c2ccncc2)nc2ccccc12. The van der Waals surface area contributed by atoms with Crippen molar-refractivity contribution in [1.82, 2.24) is 15.0 Å². The number of aromatic nitrogens is 3. The first-order chi connectivity index (χ1) is 12.3. The lowest BCUT2D eigenvalue weighted by atomic mass is 10.0. The van der Waals surface area contributed by atoms with Crippen LogP contribution in [0.25, 0.3) is 22.2 Å². The molecule has 3 aromatic heterocycles. The number of pyridine rings is 3. The molecular weight excluding hydrogens is 312 g/mol. The van der Waals surface area contributed by atoms with Crippen LogP contribution in [0, 0.1) is 0 Å². The fraction of sp³-hybridized carbons (Fsp3) is 0. The zero-order valence-electron chi connectivity index (χ0n) is 13.3. The minimum Gasteiger partial charge on any atom is -0.322 e. The van der Waals surface area contributed by atoms with Crippen molar-refractivity contribution < 1.29 is 4.79 Å². The number of nitrogens with one attached hydrogen (secondary N) is 1. The van der Waals surface area contributed by atoms with Gasteiger partial charge in [0.2, 0.25) is 0 Å². The highest BCUT2D eigenvalue weighted by molar-refractivity contribution is 6.13. The molecule has 4 aromatic rings. The van der Waals surface area contributed by atoms with Crippen LogP contribution in [0.15, 0.2) is 79.4 Å². The molecule has 0 spiro atoms. The first-order valence-electron chi connectivity index (χ1n) is 7.83. The van der Waals surface area contributed by atoms with Gasteiger partial charge in [0.05, 0.1) is 16.8 Å². The second kappa shape index (κ2) is 6.49. The molecule has 0 saturated carbocycles. The molecule has 1 aromatic carbocycles. The number of rotatable bonds is 3. The minimum atomic E-state index is -0.180. The van der Waals surface area contributed by atoms with E-state index < -0.39 is 0 Å². The fourth-order valence-electron chi connectivity index (χ4n) is 2.67. The van der Waals surface area contributed by atoms with E-state index in [0.717, 1.165) is 22.2 Å². The van der Waals surface area contributed by atoms with E-state index in [9.17, 15) is 4.79 Å². The minimum absolute atomic E-state index is 0.180. The monoisotopic (exact) mass is 326 g/mol. The van der Waals surface area contributed by atoms with Crippen LogP contribution in [-0.2, 0) is 0 Å². The molecule has 0 fully saturated rings. The van der Waals surface area contributed by atoms with Crippen molar-refractivity contribution in [3.8, 4) is 11.3 Å². The van der Waals surface area contributed by atoms with Crippen molar-refractivity contribution in [1.29, 1.82) is 0 Å². The predicted molar refractivity (Wildman–Crippen MR) is 97.2 cm³/mol. The van der Waals surface area contributed by atoms with Crippen molar-refractivity contribution >= 4 is 22.5 Å². The van der Waals surface area contributed by atoms with Crippen LogP contribution in [0.5, 0.6) is 0 Å². The van der Waals surface area contributed by atoms with Crippen LogP contribution in [0.1, 0.15) is 10.4 Å². The predicted octanol–water partition coefficient (Wildman–Crippen LogP) is 3.94. The zero-order valence-corrected chi connectivity index (χ0v) is 13.3. The summed E-state index contributed by atoms with van der Waals surface area (Å²) in [5.74, 6) is -0.180. The highest BCUT2D eigenvalue weighted by Crippen LogP contribution is 2.25. The maximum Gasteiger partial charge on any atom is 0.256 e. The van der Waals surface area contributed by atoms with Crippen LogP contribution in [-0.4, -0.2) is 20.9 Å². The Balaban J connectivity index is 1.83. The third-order valence-electron chi connectivity index (χ3n) is 3.88. The molecule has 3 heterocycles. The molecule has 5 nitrogen and oxygen atoms in total. The van der Waals surface area contributed by atoms with Crippen molar-refractivity contribution in [2.45, 2.75) is 0 Å². The van der Waals surface area contributed by atoms with Crippen molar-refractivity contribution in [2.75, 3.05) is 5.32 Å². The van der Waals surface area contributed by atoms with E-state index in [4.69, 9.17) is 0 Å². The van der Waals surface area contributed by atoms with Crippen molar-refractivity contribution in [3.63, 3.8) is 0 Å². The van der Waals surface area contributed by atoms with Gasteiger partial charge in [0.15, 0.2) is 0 Å². The molecule has 5 heteroatoms. The Hall–Kier alpha value is -3.60. The molecule has 1 N–H and O–H groups in total. The van der Waals surface area contributed by atoms with Crippen LogP contribution < -0.4 is 5.32 Å². The van der Waals surface area contributed by atoms with Crippen molar-refractivity contribution in [3.05, 3.63) is 84.9 Å². The quantitative estimate of drug-likeness (QED) is 0.619. The summed E-state index contributed by atoms with van der Waals surface area (Å²) in [5, 5.41) is 3.72. The number of para-hydroxylation sites is 1. The number of nitrogens with zero attached hydrogens (tertiary/aromatic N) is 3. The highest BCUT2D eigenvalue weighted by atomic mass is 16.1. The number of hydrogen-bond donors (Lipinski definition) is 1. The third-order valence-corrected chi connectivity index (χ3v) is 3.88. The second-order valence-corrected chi connectivity index (χ2v) is 5.50. The lowest BCUT2D eigenvalue weighted by Crippen LogP contribution is -2.13. The first-order valence-corrected chi connectivity index (χ1v) is 7.83. The number of fused-ring (bicyclic) bond motifs is 1. The van der Waals surface area contributed by atoms with E-state index in [0.29, 0.717) is 11.3 Å². The number of hydrogen-bond acceptors (Lipinski definition) is 4. The zero-order chi connectivity index (χ0) is 17.1.